The molecular formula is C19H27N3O5S. The Labute approximate surface area is 165 Å². The standard InChI is InChI=1S/C19H27N3O5S/c1-14(18(23)21-11-4-3-5-12-21)22-13-10-17(19(22)24)20-28(25,26)16-8-6-15(27-2)7-9-16/h6-9,14,17,20H,3-5,10-13H2,1-2H3/t14-,17-/m0/s1. The lowest BCUT2D eigenvalue weighted by Crippen LogP contribution is -2.51. The molecule has 2 aliphatic heterocycles. The van der Waals surface area contributed by atoms with Crippen LogP contribution in [0.2, 0.25) is 0 Å². The van der Waals surface area contributed by atoms with Gasteiger partial charge < -0.3 is 14.5 Å². The predicted octanol–water partition coefficient (Wildman–Crippen LogP) is 0.975. The fraction of sp³-hybridized carbons (Fsp3) is 0.579. The number of piperidine rings is 1. The normalized spacial score (nSPS) is 21.6. The van der Waals surface area contributed by atoms with Crippen LogP contribution in [0, 0.1) is 0 Å². The second kappa shape index (κ2) is 8.48. The van der Waals surface area contributed by atoms with Gasteiger partial charge in [-0.15, -0.1) is 0 Å². The number of amides is 2. The summed E-state index contributed by atoms with van der Waals surface area (Å²) < 4.78 is 32.7. The molecule has 0 spiro atoms. The first kappa shape index (κ1) is 20.6. The van der Waals surface area contributed by atoms with E-state index >= 15 is 0 Å². The lowest BCUT2D eigenvalue weighted by atomic mass is 10.1. The first-order valence-electron chi connectivity index (χ1n) is 9.59. The van der Waals surface area contributed by atoms with Gasteiger partial charge in [0.2, 0.25) is 21.8 Å². The average Bonchev–Trinajstić information content (AvgIpc) is 3.07. The van der Waals surface area contributed by atoms with E-state index in [1.165, 1.54) is 24.1 Å². The fourth-order valence-corrected chi connectivity index (χ4v) is 4.94. The van der Waals surface area contributed by atoms with Gasteiger partial charge in [-0.05, 0) is 56.9 Å². The summed E-state index contributed by atoms with van der Waals surface area (Å²) in [6, 6.07) is 4.53. The van der Waals surface area contributed by atoms with Gasteiger partial charge >= 0.3 is 0 Å². The topological polar surface area (TPSA) is 96.0 Å². The molecule has 2 heterocycles. The zero-order valence-corrected chi connectivity index (χ0v) is 17.1. The maximum Gasteiger partial charge on any atom is 0.245 e. The zero-order chi connectivity index (χ0) is 20.3. The number of hydrogen-bond donors (Lipinski definition) is 1. The molecular weight excluding hydrogens is 382 g/mol. The minimum atomic E-state index is -3.84. The largest absolute Gasteiger partial charge is 0.497 e. The van der Waals surface area contributed by atoms with Crippen LogP contribution in [-0.4, -0.2) is 68.9 Å². The van der Waals surface area contributed by atoms with Gasteiger partial charge in [0, 0.05) is 19.6 Å². The Bertz CT molecular complexity index is 818. The van der Waals surface area contributed by atoms with E-state index in [2.05, 4.69) is 4.72 Å². The summed E-state index contributed by atoms with van der Waals surface area (Å²) in [5.74, 6) is 0.133. The molecule has 2 aliphatic rings. The Morgan fingerprint density at radius 2 is 1.79 bits per heavy atom. The summed E-state index contributed by atoms with van der Waals surface area (Å²) in [5, 5.41) is 0. The number of carbonyl (C=O) groups is 2. The van der Waals surface area contributed by atoms with Crippen molar-refractivity contribution in [2.24, 2.45) is 0 Å². The molecule has 0 unspecified atom stereocenters. The summed E-state index contributed by atoms with van der Waals surface area (Å²) in [4.78, 5) is 28.8. The van der Waals surface area contributed by atoms with Crippen molar-refractivity contribution in [3.05, 3.63) is 24.3 Å². The molecule has 3 rings (SSSR count). The minimum Gasteiger partial charge on any atom is -0.497 e. The Kier molecular flexibility index (Phi) is 6.24. The first-order chi connectivity index (χ1) is 13.3. The smallest absolute Gasteiger partial charge is 0.245 e. The summed E-state index contributed by atoms with van der Waals surface area (Å²) in [6.07, 6.45) is 3.43. The lowest BCUT2D eigenvalue weighted by molar-refractivity contribution is -0.143. The van der Waals surface area contributed by atoms with Crippen LogP contribution in [0.5, 0.6) is 5.75 Å². The molecule has 2 fully saturated rings. The lowest BCUT2D eigenvalue weighted by Gasteiger charge is -2.32. The quantitative estimate of drug-likeness (QED) is 0.755. The Morgan fingerprint density at radius 1 is 1.14 bits per heavy atom. The Hall–Kier alpha value is -2.13. The van der Waals surface area contributed by atoms with Crippen LogP contribution in [0.3, 0.4) is 0 Å². The molecule has 154 valence electrons. The van der Waals surface area contributed by atoms with Crippen LogP contribution in [0.4, 0.5) is 0 Å². The number of methoxy groups -OCH3 is 1. The van der Waals surface area contributed by atoms with Crippen LogP contribution in [0.25, 0.3) is 0 Å². The SMILES string of the molecule is COc1ccc(S(=O)(=O)N[C@H]2CCN([C@@H](C)C(=O)N3CCCCC3)C2=O)cc1. The molecule has 1 N–H and O–H groups in total. The Balaban J connectivity index is 1.65. The molecule has 28 heavy (non-hydrogen) atoms. The number of ether oxygens (including phenoxy) is 1. The minimum absolute atomic E-state index is 0.0632. The molecule has 0 radical (unpaired) electrons. The van der Waals surface area contributed by atoms with E-state index < -0.39 is 22.1 Å². The van der Waals surface area contributed by atoms with Gasteiger partial charge in [0.25, 0.3) is 0 Å². The number of hydrogen-bond acceptors (Lipinski definition) is 5. The van der Waals surface area contributed by atoms with Crippen molar-refractivity contribution in [2.75, 3.05) is 26.7 Å². The predicted molar refractivity (Wildman–Crippen MR) is 103 cm³/mol. The molecule has 0 saturated carbocycles. The number of rotatable bonds is 6. The molecule has 1 aromatic rings. The van der Waals surface area contributed by atoms with Crippen LogP contribution >= 0.6 is 0 Å². The van der Waals surface area contributed by atoms with Crippen molar-refractivity contribution in [2.45, 2.75) is 49.6 Å². The summed E-state index contributed by atoms with van der Waals surface area (Å²) in [7, 11) is -2.34. The third-order valence-corrected chi connectivity index (χ3v) is 6.89. The van der Waals surface area contributed by atoms with E-state index in [1.807, 2.05) is 0 Å². The second-order valence-electron chi connectivity index (χ2n) is 7.23. The summed E-state index contributed by atoms with van der Waals surface area (Å²) in [5.41, 5.74) is 0. The van der Waals surface area contributed by atoms with Crippen molar-refractivity contribution in [3.8, 4) is 5.75 Å². The van der Waals surface area contributed by atoms with Gasteiger partial charge in [-0.1, -0.05) is 0 Å². The highest BCUT2D eigenvalue weighted by atomic mass is 32.2. The molecule has 2 atom stereocenters. The van der Waals surface area contributed by atoms with E-state index in [1.54, 1.807) is 24.0 Å². The number of sulfonamides is 1. The Morgan fingerprint density at radius 3 is 2.39 bits per heavy atom. The van der Waals surface area contributed by atoms with Crippen LogP contribution in [-0.2, 0) is 19.6 Å². The van der Waals surface area contributed by atoms with Crippen molar-refractivity contribution in [1.29, 1.82) is 0 Å². The van der Waals surface area contributed by atoms with Gasteiger partial charge in [-0.25, -0.2) is 8.42 Å². The van der Waals surface area contributed by atoms with E-state index in [-0.39, 0.29) is 16.7 Å². The second-order valence-corrected chi connectivity index (χ2v) is 8.95. The number of benzene rings is 1. The average molecular weight is 410 g/mol. The van der Waals surface area contributed by atoms with Gasteiger partial charge in [-0.2, -0.15) is 4.72 Å². The highest BCUT2D eigenvalue weighted by molar-refractivity contribution is 7.89. The molecule has 0 aliphatic carbocycles. The number of carbonyl (C=O) groups excluding carboxylic acids is 2. The molecule has 2 saturated heterocycles. The maximum atomic E-state index is 12.8. The van der Waals surface area contributed by atoms with Gasteiger partial charge in [-0.3, -0.25) is 9.59 Å². The van der Waals surface area contributed by atoms with Crippen LogP contribution < -0.4 is 9.46 Å². The van der Waals surface area contributed by atoms with Crippen LogP contribution in [0.15, 0.2) is 29.2 Å². The van der Waals surface area contributed by atoms with Crippen LogP contribution in [0.1, 0.15) is 32.6 Å². The van der Waals surface area contributed by atoms with Crippen molar-refractivity contribution < 1.29 is 22.7 Å². The van der Waals surface area contributed by atoms with Crippen molar-refractivity contribution >= 4 is 21.8 Å². The van der Waals surface area contributed by atoms with E-state index in [0.29, 0.717) is 18.7 Å². The van der Waals surface area contributed by atoms with Gasteiger partial charge in [0.15, 0.2) is 0 Å². The number of nitrogens with zero attached hydrogens (tertiary/aromatic N) is 2. The highest BCUT2D eigenvalue weighted by Crippen LogP contribution is 2.21. The highest BCUT2D eigenvalue weighted by Gasteiger charge is 2.40. The number of likely N-dealkylation sites (tertiary alicyclic amines) is 2. The maximum absolute atomic E-state index is 12.8. The molecule has 0 aromatic heterocycles. The molecule has 0 bridgehead atoms. The monoisotopic (exact) mass is 409 g/mol. The van der Waals surface area contributed by atoms with E-state index in [0.717, 1.165) is 32.4 Å². The number of nitrogens with one attached hydrogen (secondary N) is 1. The fourth-order valence-electron chi connectivity index (χ4n) is 3.72. The summed E-state index contributed by atoms with van der Waals surface area (Å²) >= 11 is 0. The van der Waals surface area contributed by atoms with Gasteiger partial charge in [0.05, 0.1) is 12.0 Å². The van der Waals surface area contributed by atoms with Crippen molar-refractivity contribution in [1.82, 2.24) is 14.5 Å². The molecule has 1 aromatic carbocycles. The molecule has 2 amide bonds. The van der Waals surface area contributed by atoms with Gasteiger partial charge in [0.1, 0.15) is 17.8 Å². The first-order valence-corrected chi connectivity index (χ1v) is 11.1. The molecule has 8 nitrogen and oxygen atoms in total. The molecule has 9 heteroatoms. The third-order valence-electron chi connectivity index (χ3n) is 5.40. The van der Waals surface area contributed by atoms with E-state index in [9.17, 15) is 18.0 Å². The third kappa shape index (κ3) is 4.30. The zero-order valence-electron chi connectivity index (χ0n) is 16.3. The summed E-state index contributed by atoms with van der Waals surface area (Å²) in [6.45, 7) is 3.52. The van der Waals surface area contributed by atoms with E-state index in [4.69, 9.17) is 4.74 Å². The van der Waals surface area contributed by atoms with Crippen molar-refractivity contribution in [3.63, 3.8) is 0 Å².